The fourth-order valence-electron chi connectivity index (χ4n) is 3.31. The van der Waals surface area contributed by atoms with Crippen LogP contribution in [0.2, 0.25) is 0 Å². The van der Waals surface area contributed by atoms with Crippen LogP contribution in [0.4, 0.5) is 18.9 Å². The summed E-state index contributed by atoms with van der Waals surface area (Å²) in [6.07, 6.45) is -3.22. The third-order valence-corrected chi connectivity index (χ3v) is 4.93. The molecule has 0 unspecified atom stereocenters. The molecule has 2 aromatic heterocycles. The fourth-order valence-corrected chi connectivity index (χ4v) is 3.31. The van der Waals surface area contributed by atoms with Gasteiger partial charge in [0.2, 0.25) is 0 Å². The summed E-state index contributed by atoms with van der Waals surface area (Å²) in [5.74, 6) is 0.0948. The summed E-state index contributed by atoms with van der Waals surface area (Å²) in [6.45, 7) is 2.21. The van der Waals surface area contributed by atoms with Crippen LogP contribution in [-0.2, 0) is 19.2 Å². The van der Waals surface area contributed by atoms with Gasteiger partial charge in [0.25, 0.3) is 5.91 Å². The summed E-state index contributed by atoms with van der Waals surface area (Å²) in [7, 11) is 0. The lowest BCUT2D eigenvalue weighted by molar-refractivity contribution is -0.137. The molecule has 8 heteroatoms. The molecular formula is C24H20F3N3O2. The Kier molecular flexibility index (Phi) is 5.85. The first-order valence-corrected chi connectivity index (χ1v) is 10.0. The maximum Gasteiger partial charge on any atom is 0.417 e. The van der Waals surface area contributed by atoms with E-state index in [1.807, 2.05) is 30.3 Å². The number of imidazole rings is 1. The number of rotatable bonds is 6. The van der Waals surface area contributed by atoms with Crippen LogP contribution in [0, 0.1) is 0 Å². The van der Waals surface area contributed by atoms with Gasteiger partial charge in [-0.15, -0.1) is 0 Å². The fraction of sp³-hybridized carbons (Fsp3) is 0.167. The van der Waals surface area contributed by atoms with Crippen molar-refractivity contribution >= 4 is 17.2 Å². The van der Waals surface area contributed by atoms with Crippen molar-refractivity contribution in [2.75, 3.05) is 5.32 Å². The van der Waals surface area contributed by atoms with Gasteiger partial charge in [-0.05, 0) is 48.4 Å². The lowest BCUT2D eigenvalue weighted by Crippen LogP contribution is -2.17. The molecule has 164 valence electrons. The molecule has 5 nitrogen and oxygen atoms in total. The predicted octanol–water partition coefficient (Wildman–Crippen LogP) is 5.75. The zero-order valence-corrected chi connectivity index (χ0v) is 17.2. The molecule has 0 aliphatic rings. The van der Waals surface area contributed by atoms with Crippen LogP contribution < -0.4 is 10.1 Å². The molecule has 0 spiro atoms. The number of aromatic nitrogens is 2. The first kappa shape index (κ1) is 21.4. The van der Waals surface area contributed by atoms with E-state index in [1.165, 1.54) is 10.5 Å². The number of benzene rings is 2. The largest absolute Gasteiger partial charge is 0.489 e. The van der Waals surface area contributed by atoms with E-state index in [1.54, 1.807) is 31.2 Å². The van der Waals surface area contributed by atoms with Gasteiger partial charge >= 0.3 is 6.18 Å². The molecule has 0 fully saturated rings. The van der Waals surface area contributed by atoms with Gasteiger partial charge in [0.1, 0.15) is 23.7 Å². The van der Waals surface area contributed by atoms with E-state index >= 15 is 0 Å². The molecule has 1 amide bonds. The normalized spacial score (nSPS) is 11.5. The number of nitrogens with zero attached hydrogens (tertiary/aromatic N) is 2. The predicted molar refractivity (Wildman–Crippen MR) is 115 cm³/mol. The van der Waals surface area contributed by atoms with Crippen molar-refractivity contribution in [1.82, 2.24) is 9.38 Å². The molecule has 0 bridgehead atoms. The number of amides is 1. The number of aryl methyl sites for hydroxylation is 1. The van der Waals surface area contributed by atoms with Gasteiger partial charge in [-0.1, -0.05) is 37.3 Å². The maximum absolute atomic E-state index is 13.1. The Balaban J connectivity index is 1.53. The van der Waals surface area contributed by atoms with Gasteiger partial charge in [0.05, 0.1) is 11.3 Å². The highest BCUT2D eigenvalue weighted by atomic mass is 19.4. The lowest BCUT2D eigenvalue weighted by Gasteiger charge is -2.10. The number of pyridine rings is 1. The van der Waals surface area contributed by atoms with Crippen LogP contribution in [0.1, 0.15) is 34.2 Å². The minimum absolute atomic E-state index is 0.0815. The van der Waals surface area contributed by atoms with Crippen LogP contribution in [-0.4, -0.2) is 15.3 Å². The maximum atomic E-state index is 13.1. The summed E-state index contributed by atoms with van der Waals surface area (Å²) in [6, 6.07) is 18.7. The van der Waals surface area contributed by atoms with E-state index in [0.29, 0.717) is 30.2 Å². The van der Waals surface area contributed by atoms with Crippen molar-refractivity contribution in [2.45, 2.75) is 26.1 Å². The summed E-state index contributed by atoms with van der Waals surface area (Å²) in [5.41, 5.74) is 1.46. The topological polar surface area (TPSA) is 55.6 Å². The van der Waals surface area contributed by atoms with Crippen LogP contribution in [0.15, 0.2) is 72.9 Å². The number of halogens is 3. The van der Waals surface area contributed by atoms with Gasteiger partial charge in [0, 0.05) is 11.9 Å². The summed E-state index contributed by atoms with van der Waals surface area (Å²) < 4.78 is 46.4. The molecule has 0 atom stereocenters. The average molecular weight is 439 g/mol. The SMILES string of the molecule is CCc1nc2ccc(C(F)(F)F)cn2c1C(=O)Nc1ccc(OCc2ccccc2)cc1. The minimum Gasteiger partial charge on any atom is -0.489 e. The van der Waals surface area contributed by atoms with Crippen molar-refractivity contribution in [3.63, 3.8) is 0 Å². The monoisotopic (exact) mass is 439 g/mol. The molecule has 4 rings (SSSR count). The second-order valence-electron chi connectivity index (χ2n) is 7.16. The molecule has 0 aliphatic carbocycles. The zero-order chi connectivity index (χ0) is 22.7. The number of anilines is 1. The molecule has 4 aromatic rings. The molecular weight excluding hydrogens is 419 g/mol. The number of hydrogen-bond donors (Lipinski definition) is 1. The van der Waals surface area contributed by atoms with Gasteiger partial charge in [-0.2, -0.15) is 13.2 Å². The molecule has 1 N–H and O–H groups in total. The molecule has 32 heavy (non-hydrogen) atoms. The minimum atomic E-state index is -4.52. The Morgan fingerprint density at radius 2 is 1.75 bits per heavy atom. The third kappa shape index (κ3) is 4.59. The smallest absolute Gasteiger partial charge is 0.417 e. The third-order valence-electron chi connectivity index (χ3n) is 4.93. The molecule has 0 saturated heterocycles. The van der Waals surface area contributed by atoms with Crippen LogP contribution >= 0.6 is 0 Å². The highest BCUT2D eigenvalue weighted by Crippen LogP contribution is 2.30. The van der Waals surface area contributed by atoms with Gasteiger partial charge in [0.15, 0.2) is 0 Å². The Morgan fingerprint density at radius 3 is 2.41 bits per heavy atom. The van der Waals surface area contributed by atoms with Crippen LogP contribution in [0.5, 0.6) is 5.75 Å². The number of nitrogens with one attached hydrogen (secondary N) is 1. The van der Waals surface area contributed by atoms with E-state index in [2.05, 4.69) is 10.3 Å². The van der Waals surface area contributed by atoms with Gasteiger partial charge in [-0.25, -0.2) is 4.98 Å². The number of ether oxygens (including phenoxy) is 1. The van der Waals surface area contributed by atoms with E-state index in [-0.39, 0.29) is 11.3 Å². The highest BCUT2D eigenvalue weighted by molar-refractivity contribution is 6.04. The van der Waals surface area contributed by atoms with E-state index in [4.69, 9.17) is 4.74 Å². The zero-order valence-electron chi connectivity index (χ0n) is 17.2. The summed E-state index contributed by atoms with van der Waals surface area (Å²) in [4.78, 5) is 17.2. The van der Waals surface area contributed by atoms with Crippen molar-refractivity contribution in [1.29, 1.82) is 0 Å². The van der Waals surface area contributed by atoms with E-state index < -0.39 is 17.6 Å². The van der Waals surface area contributed by atoms with Crippen LogP contribution in [0.3, 0.4) is 0 Å². The second-order valence-corrected chi connectivity index (χ2v) is 7.16. The van der Waals surface area contributed by atoms with Crippen molar-refractivity contribution < 1.29 is 22.7 Å². The summed E-state index contributed by atoms with van der Waals surface area (Å²) >= 11 is 0. The number of fused-ring (bicyclic) bond motifs is 1. The quantitative estimate of drug-likeness (QED) is 0.416. The Labute approximate surface area is 182 Å². The molecule has 2 aromatic carbocycles. The van der Waals surface area contributed by atoms with Crippen molar-refractivity contribution in [3.05, 3.63) is 95.4 Å². The summed E-state index contributed by atoms with van der Waals surface area (Å²) in [5, 5.41) is 2.73. The highest BCUT2D eigenvalue weighted by Gasteiger charge is 2.31. The second kappa shape index (κ2) is 8.74. The Bertz CT molecular complexity index is 1230. The van der Waals surface area contributed by atoms with Gasteiger partial charge < -0.3 is 10.1 Å². The number of carbonyl (C=O) groups is 1. The van der Waals surface area contributed by atoms with Crippen molar-refractivity contribution in [2.24, 2.45) is 0 Å². The first-order chi connectivity index (χ1) is 15.3. The number of alkyl halides is 3. The standard InChI is InChI=1S/C24H20F3N3O2/c1-2-20-22(30-14-17(24(25,26)27)8-13-21(30)29-20)23(31)28-18-9-11-19(12-10-18)32-15-16-6-4-3-5-7-16/h3-14H,2,15H2,1H3,(H,28,31). The van der Waals surface area contributed by atoms with E-state index in [0.717, 1.165) is 17.8 Å². The average Bonchev–Trinajstić information content (AvgIpc) is 3.17. The molecule has 0 radical (unpaired) electrons. The Morgan fingerprint density at radius 1 is 1.03 bits per heavy atom. The number of hydrogen-bond acceptors (Lipinski definition) is 3. The van der Waals surface area contributed by atoms with Gasteiger partial charge in [-0.3, -0.25) is 9.20 Å². The van der Waals surface area contributed by atoms with Crippen LogP contribution in [0.25, 0.3) is 5.65 Å². The number of carbonyl (C=O) groups excluding carboxylic acids is 1. The first-order valence-electron chi connectivity index (χ1n) is 10.0. The van der Waals surface area contributed by atoms with Crippen molar-refractivity contribution in [3.8, 4) is 5.75 Å². The molecule has 0 aliphatic heterocycles. The lowest BCUT2D eigenvalue weighted by atomic mass is 10.2. The molecule has 0 saturated carbocycles. The Hall–Kier alpha value is -3.81. The molecule has 2 heterocycles. The van der Waals surface area contributed by atoms with E-state index in [9.17, 15) is 18.0 Å².